The first kappa shape index (κ1) is 19.1. The van der Waals surface area contributed by atoms with Gasteiger partial charge in [-0.05, 0) is 19.4 Å². The first-order valence-electron chi connectivity index (χ1n) is 8.56. The molecule has 0 N–H and O–H groups in total. The molecule has 152 valence electrons. The van der Waals surface area contributed by atoms with Crippen molar-refractivity contribution in [3.63, 3.8) is 0 Å². The van der Waals surface area contributed by atoms with Gasteiger partial charge in [-0.15, -0.1) is 0 Å². The van der Waals surface area contributed by atoms with Crippen LogP contribution in [0.5, 0.6) is 0 Å². The summed E-state index contributed by atoms with van der Waals surface area (Å²) in [7, 11) is -5.97. The van der Waals surface area contributed by atoms with Crippen LogP contribution in [0, 0.1) is 0 Å². The molecule has 1 aromatic rings. The summed E-state index contributed by atoms with van der Waals surface area (Å²) < 4.78 is 94.1. The lowest BCUT2D eigenvalue weighted by Crippen LogP contribution is -2.36. The van der Waals surface area contributed by atoms with E-state index in [0.29, 0.717) is 0 Å². The van der Waals surface area contributed by atoms with Gasteiger partial charge in [0.2, 0.25) is 0 Å². The Morgan fingerprint density at radius 1 is 1.19 bits per heavy atom. The maximum Gasteiger partial charge on any atom is 0.523 e. The Kier molecular flexibility index (Phi) is 5.16. The normalized spacial score (nSPS) is 32.1. The average molecular weight is 413 g/mol. The smallest absolute Gasteiger partial charge is 0.345 e. The number of halogens is 3. The number of fused-ring (bicyclic) bond motifs is 1. The molecule has 1 aromatic carbocycles. The van der Waals surface area contributed by atoms with Crippen molar-refractivity contribution in [1.82, 2.24) is 0 Å². The van der Waals surface area contributed by atoms with Crippen LogP contribution in [0.15, 0.2) is 30.3 Å². The molecule has 5 atom stereocenters. The summed E-state index contributed by atoms with van der Waals surface area (Å²) in [6.45, 7) is 1.03. The van der Waals surface area contributed by atoms with E-state index in [1.54, 1.807) is 38.1 Å². The van der Waals surface area contributed by atoms with E-state index in [-0.39, 0.29) is 6.61 Å². The van der Waals surface area contributed by atoms with Crippen LogP contribution in [0.4, 0.5) is 13.2 Å². The van der Waals surface area contributed by atoms with E-state index in [4.69, 9.17) is 20.3 Å². The fourth-order valence-corrected chi connectivity index (χ4v) is 3.14. The number of alkyl halides is 3. The monoisotopic (exact) mass is 413 g/mol. The molecule has 2 saturated heterocycles. The van der Waals surface area contributed by atoms with Gasteiger partial charge in [0.15, 0.2) is 12.1 Å². The molecular formula is C16H19F3O7S. The molecule has 2 heterocycles. The van der Waals surface area contributed by atoms with Crippen LogP contribution in [-0.2, 0) is 39.9 Å². The van der Waals surface area contributed by atoms with Gasteiger partial charge in [-0.25, -0.2) is 0 Å². The van der Waals surface area contributed by atoms with Crippen LogP contribution >= 0.6 is 0 Å². The summed E-state index contributed by atoms with van der Waals surface area (Å²) in [6.07, 6.45) is -4.46. The Balaban J connectivity index is 1.73. The van der Waals surface area contributed by atoms with Crippen molar-refractivity contribution in [3.8, 4) is 0 Å². The number of hydrogen-bond acceptors (Lipinski definition) is 7. The van der Waals surface area contributed by atoms with E-state index in [1.807, 2.05) is 6.07 Å². The molecule has 0 bridgehead atoms. The summed E-state index contributed by atoms with van der Waals surface area (Å²) >= 11 is 0. The lowest BCUT2D eigenvalue weighted by Gasteiger charge is -2.24. The molecular weight excluding hydrogens is 393 g/mol. The highest BCUT2D eigenvalue weighted by atomic mass is 32.2. The SMILES string of the molecule is [2H][C@@H](OS(=O)(=O)C(F)(F)F)[C@H]1O[C@H](OCc2ccccc2)[C@H]2OC(C)(C)O[C@H]21. The Morgan fingerprint density at radius 3 is 2.44 bits per heavy atom. The molecule has 27 heavy (non-hydrogen) atoms. The van der Waals surface area contributed by atoms with Crippen molar-refractivity contribution in [2.45, 2.75) is 56.4 Å². The Bertz CT molecular complexity index is 787. The quantitative estimate of drug-likeness (QED) is 0.523. The molecule has 11 heteroatoms. The second-order valence-corrected chi connectivity index (χ2v) is 8.03. The van der Waals surface area contributed by atoms with Crippen LogP contribution in [0.2, 0.25) is 0 Å². The van der Waals surface area contributed by atoms with Crippen LogP contribution in [0.1, 0.15) is 20.8 Å². The van der Waals surface area contributed by atoms with E-state index in [2.05, 4.69) is 4.18 Å². The van der Waals surface area contributed by atoms with Gasteiger partial charge >= 0.3 is 15.6 Å². The number of ether oxygens (including phenoxy) is 4. The van der Waals surface area contributed by atoms with Gasteiger partial charge < -0.3 is 18.9 Å². The van der Waals surface area contributed by atoms with Gasteiger partial charge in [0.25, 0.3) is 0 Å². The van der Waals surface area contributed by atoms with Crippen LogP contribution < -0.4 is 0 Å². The molecule has 0 aromatic heterocycles. The number of benzene rings is 1. The molecule has 0 spiro atoms. The van der Waals surface area contributed by atoms with Crippen LogP contribution in [0.3, 0.4) is 0 Å². The fraction of sp³-hybridized carbons (Fsp3) is 0.625. The molecule has 0 aliphatic carbocycles. The molecule has 3 rings (SSSR count). The highest BCUT2D eigenvalue weighted by molar-refractivity contribution is 7.87. The summed E-state index contributed by atoms with van der Waals surface area (Å²) in [5, 5.41) is 0. The van der Waals surface area contributed by atoms with Crippen molar-refractivity contribution in [2.75, 3.05) is 6.58 Å². The van der Waals surface area contributed by atoms with E-state index in [0.717, 1.165) is 5.56 Å². The minimum absolute atomic E-state index is 0.107. The lowest BCUT2D eigenvalue weighted by atomic mass is 10.1. The molecule has 7 nitrogen and oxygen atoms in total. The van der Waals surface area contributed by atoms with E-state index < -0.39 is 52.6 Å². The van der Waals surface area contributed by atoms with Crippen molar-refractivity contribution in [1.29, 1.82) is 0 Å². The third-order valence-corrected chi connectivity index (χ3v) is 4.84. The zero-order valence-corrected chi connectivity index (χ0v) is 15.2. The van der Waals surface area contributed by atoms with Crippen LogP contribution in [0.25, 0.3) is 0 Å². The fourth-order valence-electron chi connectivity index (χ4n) is 2.77. The summed E-state index contributed by atoms with van der Waals surface area (Å²) in [5.41, 5.74) is -4.84. The number of hydrogen-bond donors (Lipinski definition) is 0. The molecule has 2 fully saturated rings. The standard InChI is InChI=1S/C16H19F3O7S/c1-15(2)25-12-11(9-23-27(20,21)16(17,18)19)24-14(13(12)26-15)22-8-10-6-4-3-5-7-10/h3-7,11-14H,8-9H2,1-2H3/t11-,12+,13+,14+/m1/s1/i9D/t9-,11-,12+,13+,14+. The van der Waals surface area contributed by atoms with Gasteiger partial charge in [-0.2, -0.15) is 21.6 Å². The summed E-state index contributed by atoms with van der Waals surface area (Å²) in [6, 6.07) is 9.01. The van der Waals surface area contributed by atoms with Crippen molar-refractivity contribution in [2.24, 2.45) is 0 Å². The zero-order valence-electron chi connectivity index (χ0n) is 15.4. The van der Waals surface area contributed by atoms with E-state index in [9.17, 15) is 21.6 Å². The molecule has 0 unspecified atom stereocenters. The number of rotatable bonds is 6. The van der Waals surface area contributed by atoms with Gasteiger partial charge in [0.05, 0.1) is 14.6 Å². The van der Waals surface area contributed by atoms with Crippen LogP contribution in [-0.4, -0.2) is 50.9 Å². The third-order valence-electron chi connectivity index (χ3n) is 3.90. The molecule has 2 aliphatic rings. The maximum absolute atomic E-state index is 12.5. The molecule has 2 aliphatic heterocycles. The minimum atomic E-state index is -5.97. The summed E-state index contributed by atoms with van der Waals surface area (Å²) in [4.78, 5) is 0. The maximum atomic E-state index is 12.5. The molecule has 0 amide bonds. The second-order valence-electron chi connectivity index (χ2n) is 6.46. The van der Waals surface area contributed by atoms with Crippen molar-refractivity contribution in [3.05, 3.63) is 35.9 Å². The van der Waals surface area contributed by atoms with E-state index in [1.165, 1.54) is 0 Å². The Labute approximate surface area is 155 Å². The lowest BCUT2D eigenvalue weighted by molar-refractivity contribution is -0.238. The topological polar surface area (TPSA) is 80.3 Å². The summed E-state index contributed by atoms with van der Waals surface area (Å²) in [5.74, 6) is -1.12. The van der Waals surface area contributed by atoms with Crippen molar-refractivity contribution < 1.29 is 46.1 Å². The molecule has 0 radical (unpaired) electrons. The molecule has 0 saturated carbocycles. The Morgan fingerprint density at radius 2 is 1.81 bits per heavy atom. The third kappa shape index (κ3) is 4.61. The highest BCUT2D eigenvalue weighted by Gasteiger charge is 2.57. The van der Waals surface area contributed by atoms with Gasteiger partial charge in [-0.1, -0.05) is 30.3 Å². The zero-order chi connectivity index (χ0) is 20.7. The van der Waals surface area contributed by atoms with E-state index >= 15 is 0 Å². The second kappa shape index (κ2) is 7.30. The first-order chi connectivity index (χ1) is 12.9. The minimum Gasteiger partial charge on any atom is -0.345 e. The first-order valence-corrected chi connectivity index (χ1v) is 9.39. The predicted octanol–water partition coefficient (Wildman–Crippen LogP) is 2.31. The Hall–Kier alpha value is -1.24. The van der Waals surface area contributed by atoms with Gasteiger partial charge in [-0.3, -0.25) is 4.18 Å². The average Bonchev–Trinajstić information content (AvgIpc) is 3.05. The van der Waals surface area contributed by atoms with Gasteiger partial charge in [0, 0.05) is 0 Å². The van der Waals surface area contributed by atoms with Crippen molar-refractivity contribution >= 4 is 10.1 Å². The highest BCUT2D eigenvalue weighted by Crippen LogP contribution is 2.40. The largest absolute Gasteiger partial charge is 0.523 e. The van der Waals surface area contributed by atoms with Gasteiger partial charge in [0.1, 0.15) is 18.3 Å². The predicted molar refractivity (Wildman–Crippen MR) is 84.6 cm³/mol.